The molecular formula is C16H21N5O3. The van der Waals surface area contributed by atoms with Gasteiger partial charge in [0.25, 0.3) is 5.69 Å². The number of nitro benzene ring substituents is 1. The molecule has 0 aliphatic carbocycles. The van der Waals surface area contributed by atoms with Crippen molar-refractivity contribution < 1.29 is 9.66 Å². The number of methoxy groups -OCH3 is 1. The third-order valence-electron chi connectivity index (χ3n) is 4.30. The van der Waals surface area contributed by atoms with E-state index < -0.39 is 4.92 Å². The molecule has 2 aromatic rings. The Hall–Kier alpha value is -2.48. The van der Waals surface area contributed by atoms with Crippen molar-refractivity contribution in [2.75, 3.05) is 20.2 Å². The van der Waals surface area contributed by atoms with Crippen molar-refractivity contribution in [3.05, 3.63) is 45.8 Å². The first-order chi connectivity index (χ1) is 11.7. The second-order valence-electron chi connectivity index (χ2n) is 6.08. The minimum Gasteiger partial charge on any atom is -0.496 e. The highest BCUT2D eigenvalue weighted by Crippen LogP contribution is 2.25. The topological polar surface area (TPSA) is 95.1 Å². The van der Waals surface area contributed by atoms with Gasteiger partial charge in [-0.15, -0.1) is 5.10 Å². The van der Waals surface area contributed by atoms with E-state index in [-0.39, 0.29) is 5.69 Å². The number of non-ortho nitro benzene ring substituents is 1. The lowest BCUT2D eigenvalue weighted by molar-refractivity contribution is -0.384. The van der Waals surface area contributed by atoms with E-state index in [0.29, 0.717) is 18.2 Å². The molecule has 128 valence electrons. The SMILES string of the molecule is COc1cc([N+](=O)[O-])ccc1Cn1cc(CC2CCCNC2)nn1. The number of nitrogens with zero attached hydrogens (tertiary/aromatic N) is 4. The summed E-state index contributed by atoms with van der Waals surface area (Å²) in [7, 11) is 1.51. The summed E-state index contributed by atoms with van der Waals surface area (Å²) in [4.78, 5) is 10.4. The van der Waals surface area contributed by atoms with E-state index in [4.69, 9.17) is 4.74 Å². The Morgan fingerprint density at radius 2 is 2.38 bits per heavy atom. The first-order valence-electron chi connectivity index (χ1n) is 8.06. The molecule has 1 aromatic carbocycles. The fourth-order valence-electron chi connectivity index (χ4n) is 3.06. The van der Waals surface area contributed by atoms with Crippen LogP contribution < -0.4 is 10.1 Å². The van der Waals surface area contributed by atoms with Crippen LogP contribution in [0.3, 0.4) is 0 Å². The van der Waals surface area contributed by atoms with Crippen molar-refractivity contribution in [2.24, 2.45) is 5.92 Å². The summed E-state index contributed by atoms with van der Waals surface area (Å²) in [5.74, 6) is 1.09. The van der Waals surface area contributed by atoms with Crippen LogP contribution in [0.2, 0.25) is 0 Å². The third-order valence-corrected chi connectivity index (χ3v) is 4.30. The molecular weight excluding hydrogens is 310 g/mol. The van der Waals surface area contributed by atoms with E-state index >= 15 is 0 Å². The molecule has 24 heavy (non-hydrogen) atoms. The van der Waals surface area contributed by atoms with Gasteiger partial charge in [0, 0.05) is 17.8 Å². The molecule has 1 unspecified atom stereocenters. The summed E-state index contributed by atoms with van der Waals surface area (Å²) in [5, 5.41) is 22.7. The van der Waals surface area contributed by atoms with E-state index in [1.165, 1.54) is 32.1 Å². The highest BCUT2D eigenvalue weighted by molar-refractivity contribution is 5.44. The van der Waals surface area contributed by atoms with Crippen molar-refractivity contribution in [3.63, 3.8) is 0 Å². The maximum absolute atomic E-state index is 10.8. The number of piperidine rings is 1. The lowest BCUT2D eigenvalue weighted by Gasteiger charge is -2.21. The Labute approximate surface area is 140 Å². The minimum atomic E-state index is -0.432. The predicted octanol–water partition coefficient (Wildman–Crippen LogP) is 1.79. The van der Waals surface area contributed by atoms with Gasteiger partial charge in [-0.2, -0.15) is 0 Å². The molecule has 8 nitrogen and oxygen atoms in total. The number of nitrogens with one attached hydrogen (secondary N) is 1. The zero-order valence-corrected chi connectivity index (χ0v) is 13.6. The number of aromatic nitrogens is 3. The molecule has 1 aliphatic heterocycles. The van der Waals surface area contributed by atoms with Gasteiger partial charge in [0.1, 0.15) is 5.75 Å². The van der Waals surface area contributed by atoms with Gasteiger partial charge in [0.05, 0.1) is 30.3 Å². The summed E-state index contributed by atoms with van der Waals surface area (Å²) in [6.07, 6.45) is 5.29. The van der Waals surface area contributed by atoms with Crippen molar-refractivity contribution in [3.8, 4) is 5.75 Å². The number of hydrogen-bond donors (Lipinski definition) is 1. The molecule has 0 spiro atoms. The number of rotatable bonds is 6. The molecule has 1 atom stereocenters. The molecule has 2 heterocycles. The second kappa shape index (κ2) is 7.39. The lowest BCUT2D eigenvalue weighted by Crippen LogP contribution is -2.30. The van der Waals surface area contributed by atoms with E-state index in [2.05, 4.69) is 15.6 Å². The lowest BCUT2D eigenvalue weighted by atomic mass is 9.95. The van der Waals surface area contributed by atoms with Crippen LogP contribution in [0.1, 0.15) is 24.1 Å². The number of benzene rings is 1. The molecule has 3 rings (SSSR count). The smallest absolute Gasteiger partial charge is 0.273 e. The zero-order valence-electron chi connectivity index (χ0n) is 13.6. The van der Waals surface area contributed by atoms with Crippen molar-refractivity contribution in [2.45, 2.75) is 25.8 Å². The highest BCUT2D eigenvalue weighted by atomic mass is 16.6. The Balaban J connectivity index is 1.68. The van der Waals surface area contributed by atoms with Gasteiger partial charge in [-0.3, -0.25) is 10.1 Å². The van der Waals surface area contributed by atoms with Crippen molar-refractivity contribution in [1.82, 2.24) is 20.3 Å². The molecule has 8 heteroatoms. The molecule has 1 aliphatic rings. The van der Waals surface area contributed by atoms with Gasteiger partial charge < -0.3 is 10.1 Å². The van der Waals surface area contributed by atoms with Gasteiger partial charge in [0.2, 0.25) is 0 Å². The van der Waals surface area contributed by atoms with Crippen LogP contribution >= 0.6 is 0 Å². The summed E-state index contributed by atoms with van der Waals surface area (Å²) in [6.45, 7) is 2.60. The van der Waals surface area contributed by atoms with Crippen molar-refractivity contribution >= 4 is 5.69 Å². The van der Waals surface area contributed by atoms with E-state index in [1.807, 2.05) is 6.20 Å². The van der Waals surface area contributed by atoms with Crippen LogP contribution in [0.25, 0.3) is 0 Å². The van der Waals surface area contributed by atoms with Gasteiger partial charge in [-0.1, -0.05) is 5.21 Å². The van der Waals surface area contributed by atoms with Crippen LogP contribution in [0.5, 0.6) is 5.75 Å². The largest absolute Gasteiger partial charge is 0.496 e. The Kier molecular flexibility index (Phi) is 5.05. The maximum Gasteiger partial charge on any atom is 0.273 e. The Bertz CT molecular complexity index is 709. The van der Waals surface area contributed by atoms with Gasteiger partial charge >= 0.3 is 0 Å². The van der Waals surface area contributed by atoms with Crippen LogP contribution in [-0.2, 0) is 13.0 Å². The maximum atomic E-state index is 10.8. The normalized spacial score (nSPS) is 17.6. The fraction of sp³-hybridized carbons (Fsp3) is 0.500. The second-order valence-corrected chi connectivity index (χ2v) is 6.08. The van der Waals surface area contributed by atoms with E-state index in [0.717, 1.165) is 30.8 Å². The molecule has 1 aromatic heterocycles. The highest BCUT2D eigenvalue weighted by Gasteiger charge is 2.16. The molecule has 1 saturated heterocycles. The number of ether oxygens (including phenoxy) is 1. The molecule has 0 amide bonds. The average Bonchev–Trinajstić information content (AvgIpc) is 3.03. The Morgan fingerprint density at radius 1 is 1.50 bits per heavy atom. The fourth-order valence-corrected chi connectivity index (χ4v) is 3.06. The predicted molar refractivity (Wildman–Crippen MR) is 88.1 cm³/mol. The van der Waals surface area contributed by atoms with Crippen LogP contribution in [-0.4, -0.2) is 40.1 Å². The van der Waals surface area contributed by atoms with Crippen LogP contribution in [0.15, 0.2) is 24.4 Å². The first kappa shape index (κ1) is 16.4. The number of nitro groups is 1. The summed E-state index contributed by atoms with van der Waals surface area (Å²) < 4.78 is 7.01. The van der Waals surface area contributed by atoms with Crippen molar-refractivity contribution in [1.29, 1.82) is 0 Å². The first-order valence-corrected chi connectivity index (χ1v) is 8.06. The van der Waals surface area contributed by atoms with Gasteiger partial charge in [-0.25, -0.2) is 4.68 Å². The average molecular weight is 331 g/mol. The van der Waals surface area contributed by atoms with Crippen LogP contribution in [0.4, 0.5) is 5.69 Å². The third kappa shape index (κ3) is 3.88. The van der Waals surface area contributed by atoms with E-state index in [1.54, 1.807) is 10.7 Å². The number of hydrogen-bond acceptors (Lipinski definition) is 6. The molecule has 0 radical (unpaired) electrons. The molecule has 0 saturated carbocycles. The molecule has 1 fully saturated rings. The summed E-state index contributed by atoms with van der Waals surface area (Å²) in [5.41, 5.74) is 1.82. The molecule has 0 bridgehead atoms. The Morgan fingerprint density at radius 3 is 3.08 bits per heavy atom. The summed E-state index contributed by atoms with van der Waals surface area (Å²) >= 11 is 0. The molecule has 1 N–H and O–H groups in total. The quantitative estimate of drug-likeness (QED) is 0.640. The van der Waals surface area contributed by atoms with Gasteiger partial charge in [0.15, 0.2) is 0 Å². The monoisotopic (exact) mass is 331 g/mol. The van der Waals surface area contributed by atoms with E-state index in [9.17, 15) is 10.1 Å². The van der Waals surface area contributed by atoms with Crippen LogP contribution in [0, 0.1) is 16.0 Å². The standard InChI is InChI=1S/C16H21N5O3/c1-24-16-8-15(21(22)23)5-4-13(16)10-20-11-14(18-19-20)7-12-3-2-6-17-9-12/h4-5,8,11-12,17H,2-3,6-7,9-10H2,1H3. The summed E-state index contributed by atoms with van der Waals surface area (Å²) in [6, 6.07) is 4.60. The van der Waals surface area contributed by atoms with Gasteiger partial charge in [-0.05, 0) is 44.3 Å². The minimum absolute atomic E-state index is 0.0136. The zero-order chi connectivity index (χ0) is 16.9.